The first-order valence-corrected chi connectivity index (χ1v) is 17.0. The second kappa shape index (κ2) is 13.8. The molecule has 1 atom stereocenters. The van der Waals surface area contributed by atoms with Gasteiger partial charge in [-0.25, -0.2) is 31.6 Å². The van der Waals surface area contributed by atoms with E-state index in [1.807, 2.05) is 9.80 Å². The van der Waals surface area contributed by atoms with E-state index in [1.54, 1.807) is 24.3 Å². The minimum Gasteiger partial charge on any atom is -0.366 e. The van der Waals surface area contributed by atoms with E-state index in [0.29, 0.717) is 61.3 Å². The highest BCUT2D eigenvalue weighted by atomic mass is 32.2. The summed E-state index contributed by atoms with van der Waals surface area (Å²) >= 11 is 0. The van der Waals surface area contributed by atoms with E-state index in [1.165, 1.54) is 18.2 Å². The molecule has 258 valence electrons. The number of halogens is 6. The number of hydrogen-bond acceptors (Lipinski definition) is 7. The number of aromatic nitrogens is 2. The zero-order valence-electron chi connectivity index (χ0n) is 26.0. The van der Waals surface area contributed by atoms with Crippen LogP contribution in [0.25, 0.3) is 11.3 Å². The largest absolute Gasteiger partial charge is 0.416 e. The molecular weight excluding hydrogens is 672 g/mol. The summed E-state index contributed by atoms with van der Waals surface area (Å²) in [5.41, 5.74) is 0.767. The summed E-state index contributed by atoms with van der Waals surface area (Å²) in [6.45, 7) is 1.71. The Balaban J connectivity index is 1.23. The molecular formula is C34H31F6N5O3S. The number of carbonyl (C=O) groups excluding carboxylic acids is 1. The van der Waals surface area contributed by atoms with Gasteiger partial charge in [0.05, 0.1) is 23.0 Å². The quantitative estimate of drug-likeness (QED) is 0.190. The van der Waals surface area contributed by atoms with Gasteiger partial charge in [0.15, 0.2) is 5.78 Å². The molecule has 2 aliphatic heterocycles. The third-order valence-electron chi connectivity index (χ3n) is 8.71. The number of nitrogens with zero attached hydrogens (tertiary/aromatic N) is 5. The minimum absolute atomic E-state index is 0.00978. The molecule has 15 heteroatoms. The molecule has 0 aliphatic carbocycles. The number of hydrogen-bond donors (Lipinski definition) is 0. The van der Waals surface area contributed by atoms with E-state index < -0.39 is 50.1 Å². The maximum atomic E-state index is 14.4. The van der Waals surface area contributed by atoms with Crippen molar-refractivity contribution in [3.05, 3.63) is 102 Å². The summed E-state index contributed by atoms with van der Waals surface area (Å²) in [5, 5.41) is 0. The fraction of sp³-hybridized carbons (Fsp3) is 0.324. The monoisotopic (exact) mass is 703 g/mol. The predicted molar refractivity (Wildman–Crippen MR) is 170 cm³/mol. The number of anilines is 2. The van der Waals surface area contributed by atoms with Gasteiger partial charge >= 0.3 is 6.18 Å². The molecule has 8 nitrogen and oxygen atoms in total. The predicted octanol–water partition coefficient (Wildman–Crippen LogP) is 6.26. The van der Waals surface area contributed by atoms with Gasteiger partial charge in [-0.2, -0.15) is 17.5 Å². The zero-order chi connectivity index (χ0) is 34.9. The molecule has 0 N–H and O–H groups in total. The van der Waals surface area contributed by atoms with Crippen molar-refractivity contribution in [2.24, 2.45) is 0 Å². The molecule has 3 heterocycles. The van der Waals surface area contributed by atoms with Crippen LogP contribution >= 0.6 is 0 Å². The molecule has 4 aromatic rings. The molecule has 6 rings (SSSR count). The highest BCUT2D eigenvalue weighted by Crippen LogP contribution is 2.32. The van der Waals surface area contributed by atoms with Crippen LogP contribution in [0.1, 0.15) is 30.5 Å². The Morgan fingerprint density at radius 1 is 0.816 bits per heavy atom. The number of aryl methyl sites for hydroxylation is 1. The standard InChI is InChI=1S/C34H31F6N5O3S/c35-24-11-14-32(27(37)20-24)49(47,48)45-15-3-6-30(45)31(46)13-12-25-21-28(22-7-9-23(10-8-22)34(38,39)40)42-33(41-25)44-18-16-43(17-19-44)29-5-2-1-4-26(29)36/h1-2,4-5,7-11,14,20-21,30H,3,6,12-13,15-19H2/t30-/m0/s1. The topological polar surface area (TPSA) is 86.7 Å². The first-order chi connectivity index (χ1) is 23.3. The Kier molecular flexibility index (Phi) is 9.67. The first kappa shape index (κ1) is 34.4. The lowest BCUT2D eigenvalue weighted by Crippen LogP contribution is -2.47. The van der Waals surface area contributed by atoms with Crippen LogP contribution in [-0.4, -0.2) is 67.2 Å². The van der Waals surface area contributed by atoms with Crippen molar-refractivity contribution in [1.82, 2.24) is 14.3 Å². The lowest BCUT2D eigenvalue weighted by molar-refractivity contribution is -0.137. The number of piperazine rings is 1. The van der Waals surface area contributed by atoms with Crippen LogP contribution in [0.5, 0.6) is 0 Å². The SMILES string of the molecule is O=C(CCc1cc(-c2ccc(C(F)(F)F)cc2)nc(N2CCN(c3ccccc3F)CC2)n1)[C@@H]1CCCN1S(=O)(=O)c1ccc(F)cc1F. The first-order valence-electron chi connectivity index (χ1n) is 15.6. The van der Waals surface area contributed by atoms with E-state index >= 15 is 0 Å². The summed E-state index contributed by atoms with van der Waals surface area (Å²) in [6.07, 6.45) is -4.01. The average Bonchev–Trinajstić information content (AvgIpc) is 3.59. The van der Waals surface area contributed by atoms with Gasteiger partial charge in [-0.05, 0) is 61.7 Å². The summed E-state index contributed by atoms with van der Waals surface area (Å²) < 4.78 is 110. The number of ketones is 1. The van der Waals surface area contributed by atoms with Gasteiger partial charge in [0.1, 0.15) is 22.3 Å². The van der Waals surface area contributed by atoms with E-state index in [-0.39, 0.29) is 37.6 Å². The van der Waals surface area contributed by atoms with Crippen molar-refractivity contribution < 1.29 is 39.6 Å². The summed E-state index contributed by atoms with van der Waals surface area (Å²) in [6, 6.07) is 13.6. The van der Waals surface area contributed by atoms with E-state index in [4.69, 9.17) is 0 Å². The van der Waals surface area contributed by atoms with Gasteiger partial charge in [-0.3, -0.25) is 4.79 Å². The average molecular weight is 704 g/mol. The number of rotatable bonds is 9. The van der Waals surface area contributed by atoms with E-state index in [2.05, 4.69) is 9.97 Å². The van der Waals surface area contributed by atoms with Crippen LogP contribution < -0.4 is 9.80 Å². The molecule has 2 aliphatic rings. The molecule has 0 unspecified atom stereocenters. The van der Waals surface area contributed by atoms with Crippen molar-refractivity contribution in [3.63, 3.8) is 0 Å². The van der Waals surface area contributed by atoms with E-state index in [0.717, 1.165) is 28.6 Å². The number of Topliss-reactive ketones (excluding diaryl/α,β-unsaturated/α-hetero) is 1. The van der Waals surface area contributed by atoms with Crippen LogP contribution in [-0.2, 0) is 27.4 Å². The van der Waals surface area contributed by atoms with Crippen LogP contribution in [0.4, 0.5) is 38.0 Å². The van der Waals surface area contributed by atoms with Crippen molar-refractivity contribution >= 4 is 27.4 Å². The Morgan fingerprint density at radius 2 is 1.51 bits per heavy atom. The van der Waals surface area contributed by atoms with Crippen LogP contribution in [0.2, 0.25) is 0 Å². The molecule has 2 saturated heterocycles. The number of alkyl halides is 3. The Labute approximate surface area is 279 Å². The molecule has 3 aromatic carbocycles. The molecule has 2 fully saturated rings. The molecule has 0 bridgehead atoms. The smallest absolute Gasteiger partial charge is 0.366 e. The lowest BCUT2D eigenvalue weighted by atomic mass is 10.0. The third-order valence-corrected chi connectivity index (χ3v) is 10.7. The fourth-order valence-corrected chi connectivity index (χ4v) is 7.89. The Hall–Kier alpha value is -4.50. The summed E-state index contributed by atoms with van der Waals surface area (Å²) in [7, 11) is -4.44. The number of para-hydroxylation sites is 1. The van der Waals surface area contributed by atoms with Gasteiger partial charge in [-0.15, -0.1) is 0 Å². The summed E-state index contributed by atoms with van der Waals surface area (Å²) in [5.74, 6) is -2.67. The van der Waals surface area contributed by atoms with Gasteiger partial charge < -0.3 is 9.80 Å². The maximum absolute atomic E-state index is 14.4. The number of carbonyl (C=O) groups is 1. The van der Waals surface area contributed by atoms with Crippen LogP contribution in [0.3, 0.4) is 0 Å². The third kappa shape index (κ3) is 7.42. The van der Waals surface area contributed by atoms with Crippen LogP contribution in [0, 0.1) is 17.5 Å². The summed E-state index contributed by atoms with van der Waals surface area (Å²) in [4.78, 5) is 25.8. The normalized spacial score (nSPS) is 17.5. The molecule has 1 aromatic heterocycles. The number of benzene rings is 3. The van der Waals surface area contributed by atoms with Gasteiger partial charge in [0.25, 0.3) is 0 Å². The second-order valence-corrected chi connectivity index (χ2v) is 13.7. The van der Waals surface area contributed by atoms with Crippen LogP contribution in [0.15, 0.2) is 77.7 Å². The molecule has 49 heavy (non-hydrogen) atoms. The second-order valence-electron chi connectivity index (χ2n) is 11.9. The lowest BCUT2D eigenvalue weighted by Gasteiger charge is -2.36. The maximum Gasteiger partial charge on any atom is 0.416 e. The molecule has 0 spiro atoms. The molecule has 0 radical (unpaired) electrons. The minimum atomic E-state index is -4.52. The molecule has 0 amide bonds. The number of sulfonamides is 1. The van der Waals surface area contributed by atoms with Gasteiger partial charge in [0, 0.05) is 56.5 Å². The Morgan fingerprint density at radius 3 is 2.18 bits per heavy atom. The van der Waals surface area contributed by atoms with Crippen molar-refractivity contribution in [2.45, 2.75) is 42.8 Å². The van der Waals surface area contributed by atoms with Crippen molar-refractivity contribution in [2.75, 3.05) is 42.5 Å². The van der Waals surface area contributed by atoms with Gasteiger partial charge in [0.2, 0.25) is 16.0 Å². The highest BCUT2D eigenvalue weighted by Gasteiger charge is 2.40. The van der Waals surface area contributed by atoms with Crippen molar-refractivity contribution in [3.8, 4) is 11.3 Å². The molecule has 0 saturated carbocycles. The highest BCUT2D eigenvalue weighted by molar-refractivity contribution is 7.89. The Bertz CT molecular complexity index is 1950. The fourth-order valence-electron chi connectivity index (χ4n) is 6.16. The van der Waals surface area contributed by atoms with E-state index in [9.17, 15) is 39.6 Å². The van der Waals surface area contributed by atoms with Crippen molar-refractivity contribution in [1.29, 1.82) is 0 Å². The zero-order valence-corrected chi connectivity index (χ0v) is 26.8. The van der Waals surface area contributed by atoms with Gasteiger partial charge in [-0.1, -0.05) is 24.3 Å².